The number of allylic oxidation sites excluding steroid dienone is 1. The molecule has 0 spiro atoms. The second kappa shape index (κ2) is 5.52. The highest BCUT2D eigenvalue weighted by molar-refractivity contribution is 5.82. The van der Waals surface area contributed by atoms with Crippen LogP contribution in [0.5, 0.6) is 0 Å². The number of rotatable bonds is 3. The number of aliphatic carboxylic acids is 1. The summed E-state index contributed by atoms with van der Waals surface area (Å²) in [6, 6.07) is 0. The molecule has 2 aliphatic heterocycles. The highest BCUT2D eigenvalue weighted by atomic mass is 16.5. The summed E-state index contributed by atoms with van der Waals surface area (Å²) in [4.78, 5) is 24.7. The summed E-state index contributed by atoms with van der Waals surface area (Å²) in [5, 5.41) is 8.83. The van der Waals surface area contributed by atoms with E-state index in [2.05, 4.69) is 6.58 Å². The lowest BCUT2D eigenvalue weighted by atomic mass is 9.97. The minimum absolute atomic E-state index is 0.0544. The first-order valence-corrected chi connectivity index (χ1v) is 6.41. The summed E-state index contributed by atoms with van der Waals surface area (Å²) in [5.41, 5.74) is 0. The Labute approximate surface area is 106 Å². The number of likely N-dealkylation sites (tertiary alicyclic amines) is 1. The SMILES string of the molecule is C=CC1CCN(C(=O)[C@@H]2CC[C@H](C(=O)O)O2)CC1. The van der Waals surface area contributed by atoms with E-state index in [1.54, 1.807) is 4.90 Å². The lowest BCUT2D eigenvalue weighted by Gasteiger charge is -2.32. The molecule has 0 radical (unpaired) electrons. The predicted molar refractivity (Wildman–Crippen MR) is 65.0 cm³/mol. The van der Waals surface area contributed by atoms with Gasteiger partial charge in [0.05, 0.1) is 0 Å². The molecule has 2 saturated heterocycles. The molecule has 0 aliphatic carbocycles. The van der Waals surface area contributed by atoms with E-state index in [0.717, 1.165) is 12.8 Å². The fraction of sp³-hybridized carbons (Fsp3) is 0.692. The van der Waals surface area contributed by atoms with Gasteiger partial charge in [0, 0.05) is 13.1 Å². The largest absolute Gasteiger partial charge is 0.479 e. The van der Waals surface area contributed by atoms with E-state index in [1.807, 2.05) is 6.08 Å². The van der Waals surface area contributed by atoms with E-state index in [9.17, 15) is 9.59 Å². The molecule has 2 atom stereocenters. The number of nitrogens with zero attached hydrogens (tertiary/aromatic N) is 1. The Hall–Kier alpha value is -1.36. The van der Waals surface area contributed by atoms with Crippen molar-refractivity contribution in [3.63, 3.8) is 0 Å². The Morgan fingerprint density at radius 2 is 1.78 bits per heavy atom. The minimum atomic E-state index is -0.976. The predicted octanol–water partition coefficient (Wildman–Crippen LogP) is 1.04. The van der Waals surface area contributed by atoms with E-state index in [0.29, 0.717) is 31.8 Å². The number of hydrogen-bond donors (Lipinski definition) is 1. The van der Waals surface area contributed by atoms with Gasteiger partial charge in [-0.25, -0.2) is 4.79 Å². The fourth-order valence-corrected chi connectivity index (χ4v) is 2.56. The quantitative estimate of drug-likeness (QED) is 0.763. The Balaban J connectivity index is 1.85. The lowest BCUT2D eigenvalue weighted by molar-refractivity contribution is -0.155. The van der Waals surface area contributed by atoms with E-state index in [4.69, 9.17) is 9.84 Å². The van der Waals surface area contributed by atoms with Crippen LogP contribution in [0.15, 0.2) is 12.7 Å². The van der Waals surface area contributed by atoms with Crippen LogP contribution in [0.1, 0.15) is 25.7 Å². The van der Waals surface area contributed by atoms with Crippen LogP contribution < -0.4 is 0 Å². The first kappa shape index (κ1) is 13.1. The number of carboxylic acid groups (broad SMARTS) is 1. The minimum Gasteiger partial charge on any atom is -0.479 e. The highest BCUT2D eigenvalue weighted by Gasteiger charge is 2.37. The second-order valence-corrected chi connectivity index (χ2v) is 4.93. The van der Waals surface area contributed by atoms with Gasteiger partial charge >= 0.3 is 5.97 Å². The summed E-state index contributed by atoms with van der Waals surface area (Å²) < 4.78 is 5.28. The van der Waals surface area contributed by atoms with Gasteiger partial charge in [0.1, 0.15) is 6.10 Å². The number of carbonyl (C=O) groups is 2. The highest BCUT2D eigenvalue weighted by Crippen LogP contribution is 2.24. The number of ether oxygens (including phenoxy) is 1. The van der Waals surface area contributed by atoms with Crippen LogP contribution >= 0.6 is 0 Å². The summed E-state index contributed by atoms with van der Waals surface area (Å²) in [6.45, 7) is 5.20. The smallest absolute Gasteiger partial charge is 0.332 e. The summed E-state index contributed by atoms with van der Waals surface area (Å²) in [7, 11) is 0. The van der Waals surface area contributed by atoms with E-state index in [-0.39, 0.29) is 5.91 Å². The van der Waals surface area contributed by atoms with Crippen LogP contribution in [0.25, 0.3) is 0 Å². The zero-order valence-electron chi connectivity index (χ0n) is 10.4. The van der Waals surface area contributed by atoms with Crippen LogP contribution in [0.4, 0.5) is 0 Å². The standard InChI is InChI=1S/C13H19NO4/c1-2-9-5-7-14(8-6-9)12(15)10-3-4-11(18-10)13(16)17/h2,9-11H,1,3-8H2,(H,16,17)/t10-,11+/m0/s1. The molecule has 0 aromatic rings. The molecule has 0 unspecified atom stereocenters. The third-order valence-electron chi connectivity index (χ3n) is 3.76. The maximum absolute atomic E-state index is 12.1. The van der Waals surface area contributed by atoms with Gasteiger partial charge in [0.25, 0.3) is 5.91 Å². The van der Waals surface area contributed by atoms with Gasteiger partial charge < -0.3 is 14.7 Å². The van der Waals surface area contributed by atoms with E-state index in [1.165, 1.54) is 0 Å². The number of piperidine rings is 1. The fourth-order valence-electron chi connectivity index (χ4n) is 2.56. The van der Waals surface area contributed by atoms with Gasteiger partial charge in [0.15, 0.2) is 6.10 Å². The Kier molecular flexibility index (Phi) is 4.01. The third-order valence-corrected chi connectivity index (χ3v) is 3.76. The maximum atomic E-state index is 12.1. The molecule has 2 fully saturated rings. The maximum Gasteiger partial charge on any atom is 0.332 e. The van der Waals surface area contributed by atoms with Gasteiger partial charge in [-0.3, -0.25) is 4.79 Å². The van der Waals surface area contributed by atoms with Gasteiger partial charge in [0.2, 0.25) is 0 Å². The monoisotopic (exact) mass is 253 g/mol. The summed E-state index contributed by atoms with van der Waals surface area (Å²) in [6.07, 6.45) is 3.37. The molecule has 5 nitrogen and oxygen atoms in total. The molecule has 2 rings (SSSR count). The molecule has 1 amide bonds. The van der Waals surface area contributed by atoms with Gasteiger partial charge in [-0.05, 0) is 31.6 Å². The van der Waals surface area contributed by atoms with Crippen LogP contribution in [-0.4, -0.2) is 47.2 Å². The first-order valence-electron chi connectivity index (χ1n) is 6.41. The normalized spacial score (nSPS) is 29.2. The third kappa shape index (κ3) is 2.72. The molecule has 0 aromatic heterocycles. The molecule has 2 aliphatic rings. The number of hydrogen-bond acceptors (Lipinski definition) is 3. The molecule has 18 heavy (non-hydrogen) atoms. The van der Waals surface area contributed by atoms with Crippen LogP contribution in [-0.2, 0) is 14.3 Å². The van der Waals surface area contributed by atoms with Gasteiger partial charge in [-0.1, -0.05) is 6.08 Å². The van der Waals surface area contributed by atoms with Crippen molar-refractivity contribution in [1.82, 2.24) is 4.90 Å². The molecule has 100 valence electrons. The zero-order valence-corrected chi connectivity index (χ0v) is 10.4. The molecular formula is C13H19NO4. The molecule has 0 saturated carbocycles. The number of carboxylic acids is 1. The lowest BCUT2D eigenvalue weighted by Crippen LogP contribution is -2.44. The molecule has 1 N–H and O–H groups in total. The Morgan fingerprint density at radius 3 is 2.28 bits per heavy atom. The Morgan fingerprint density at radius 1 is 1.17 bits per heavy atom. The summed E-state index contributed by atoms with van der Waals surface area (Å²) in [5.74, 6) is -0.540. The van der Waals surface area contributed by atoms with Gasteiger partial charge in [-0.2, -0.15) is 0 Å². The van der Waals surface area contributed by atoms with Crippen LogP contribution in [0.2, 0.25) is 0 Å². The zero-order chi connectivity index (χ0) is 13.1. The van der Waals surface area contributed by atoms with Crippen molar-refractivity contribution < 1.29 is 19.4 Å². The average molecular weight is 253 g/mol. The number of carbonyl (C=O) groups excluding carboxylic acids is 1. The summed E-state index contributed by atoms with van der Waals surface area (Å²) >= 11 is 0. The van der Waals surface area contributed by atoms with E-state index < -0.39 is 18.2 Å². The van der Waals surface area contributed by atoms with Crippen LogP contribution in [0.3, 0.4) is 0 Å². The molecular weight excluding hydrogens is 234 g/mol. The molecule has 0 bridgehead atoms. The van der Waals surface area contributed by atoms with Crippen molar-refractivity contribution >= 4 is 11.9 Å². The first-order chi connectivity index (χ1) is 8.61. The van der Waals surface area contributed by atoms with Crippen molar-refractivity contribution in [2.24, 2.45) is 5.92 Å². The van der Waals surface area contributed by atoms with Crippen molar-refractivity contribution in [3.8, 4) is 0 Å². The van der Waals surface area contributed by atoms with Crippen LogP contribution in [0, 0.1) is 5.92 Å². The topological polar surface area (TPSA) is 66.8 Å². The molecule has 2 heterocycles. The number of amides is 1. The molecule has 5 heteroatoms. The van der Waals surface area contributed by atoms with Crippen molar-refractivity contribution in [1.29, 1.82) is 0 Å². The molecule has 0 aromatic carbocycles. The van der Waals surface area contributed by atoms with Gasteiger partial charge in [-0.15, -0.1) is 6.58 Å². The van der Waals surface area contributed by atoms with Crippen molar-refractivity contribution in [3.05, 3.63) is 12.7 Å². The van der Waals surface area contributed by atoms with E-state index >= 15 is 0 Å². The van der Waals surface area contributed by atoms with Crippen molar-refractivity contribution in [2.45, 2.75) is 37.9 Å². The average Bonchev–Trinajstić information content (AvgIpc) is 2.88. The Bertz CT molecular complexity index is 347. The second-order valence-electron chi connectivity index (χ2n) is 4.93. The van der Waals surface area contributed by atoms with Crippen molar-refractivity contribution in [2.75, 3.05) is 13.1 Å².